The van der Waals surface area contributed by atoms with Gasteiger partial charge in [0.05, 0.1) is 28.1 Å². The van der Waals surface area contributed by atoms with E-state index in [1.165, 1.54) is 29.9 Å². The van der Waals surface area contributed by atoms with Gasteiger partial charge in [-0.15, -0.1) is 0 Å². The van der Waals surface area contributed by atoms with Crippen LogP contribution >= 0.6 is 11.6 Å². The first-order valence-electron chi connectivity index (χ1n) is 7.43. The van der Waals surface area contributed by atoms with E-state index >= 15 is 0 Å². The molecule has 0 amide bonds. The number of sulfonamides is 1. The number of aromatic nitrogens is 2. The molecule has 0 fully saturated rings. The fourth-order valence-electron chi connectivity index (χ4n) is 2.52. The zero-order valence-corrected chi connectivity index (χ0v) is 14.9. The van der Waals surface area contributed by atoms with Crippen molar-refractivity contribution in [3.63, 3.8) is 0 Å². The monoisotopic (exact) mass is 381 g/mol. The van der Waals surface area contributed by atoms with Crippen molar-refractivity contribution in [2.75, 3.05) is 13.7 Å². The van der Waals surface area contributed by atoms with Gasteiger partial charge in [-0.1, -0.05) is 23.7 Å². The molecule has 0 aliphatic carbocycles. The summed E-state index contributed by atoms with van der Waals surface area (Å²) < 4.78 is 33.7. The van der Waals surface area contributed by atoms with Crippen LogP contribution in [0.5, 0.6) is 5.75 Å². The fraction of sp³-hybridized carbons (Fsp3) is 0.188. The van der Waals surface area contributed by atoms with Gasteiger partial charge in [-0.25, -0.2) is 17.9 Å². The van der Waals surface area contributed by atoms with Gasteiger partial charge < -0.3 is 9.72 Å². The molecule has 0 aliphatic rings. The Morgan fingerprint density at radius 2 is 2.00 bits per heavy atom. The third-order valence-corrected chi connectivity index (χ3v) is 5.50. The summed E-state index contributed by atoms with van der Waals surface area (Å²) in [6.45, 7) is 0.264. The van der Waals surface area contributed by atoms with Crippen LogP contribution in [0.25, 0.3) is 11.0 Å². The number of imidazole rings is 1. The first-order chi connectivity index (χ1) is 11.9. The number of para-hydroxylation sites is 2. The Hall–Kier alpha value is -2.29. The summed E-state index contributed by atoms with van der Waals surface area (Å²) in [6, 6.07) is 11.4. The zero-order chi connectivity index (χ0) is 18.0. The van der Waals surface area contributed by atoms with Gasteiger partial charge in [-0.2, -0.15) is 0 Å². The molecule has 9 heteroatoms. The number of nitrogens with one attached hydrogen (secondary N) is 2. The van der Waals surface area contributed by atoms with Crippen LogP contribution < -0.4 is 15.1 Å². The molecule has 0 spiro atoms. The topological polar surface area (TPSA) is 93.2 Å². The lowest BCUT2D eigenvalue weighted by molar-refractivity contribution is 0.414. The Labute approximate surface area is 149 Å². The molecule has 2 N–H and O–H groups in total. The number of aromatic amines is 1. The van der Waals surface area contributed by atoms with Crippen LogP contribution in [-0.4, -0.2) is 31.6 Å². The van der Waals surface area contributed by atoms with Gasteiger partial charge in [0.15, 0.2) is 0 Å². The van der Waals surface area contributed by atoms with Crippen LogP contribution in [0.4, 0.5) is 0 Å². The number of hydrogen-bond donors (Lipinski definition) is 2. The lowest BCUT2D eigenvalue weighted by Gasteiger charge is -2.09. The van der Waals surface area contributed by atoms with Crippen molar-refractivity contribution in [3.8, 4) is 5.75 Å². The molecule has 1 heterocycles. The average molecular weight is 382 g/mol. The normalized spacial score (nSPS) is 11.8. The van der Waals surface area contributed by atoms with Gasteiger partial charge in [0.2, 0.25) is 10.0 Å². The average Bonchev–Trinajstić information content (AvgIpc) is 2.90. The minimum absolute atomic E-state index is 0.0320. The molecule has 0 saturated carbocycles. The summed E-state index contributed by atoms with van der Waals surface area (Å²) in [5.74, 6) is 0.394. The molecule has 0 bridgehead atoms. The molecule has 1 aromatic heterocycles. The van der Waals surface area contributed by atoms with Crippen LogP contribution in [-0.2, 0) is 16.6 Å². The molecular formula is C16H16ClN3O4S. The van der Waals surface area contributed by atoms with Gasteiger partial charge in [0.1, 0.15) is 5.75 Å². The second kappa shape index (κ2) is 6.91. The number of fused-ring (bicyclic) bond motifs is 1. The van der Waals surface area contributed by atoms with Crippen molar-refractivity contribution in [2.24, 2.45) is 0 Å². The highest BCUT2D eigenvalue weighted by Crippen LogP contribution is 2.26. The molecule has 132 valence electrons. The summed E-state index contributed by atoms with van der Waals surface area (Å²) in [5.41, 5.74) is 1.14. The van der Waals surface area contributed by atoms with E-state index in [1.807, 2.05) is 12.1 Å². The number of H-pyrrole nitrogens is 1. The number of halogens is 1. The molecule has 0 unspecified atom stereocenters. The summed E-state index contributed by atoms with van der Waals surface area (Å²) in [7, 11) is -2.29. The van der Waals surface area contributed by atoms with Crippen molar-refractivity contribution < 1.29 is 13.2 Å². The van der Waals surface area contributed by atoms with E-state index in [-0.39, 0.29) is 28.7 Å². The molecular weight excluding hydrogens is 366 g/mol. The van der Waals surface area contributed by atoms with Crippen LogP contribution in [0, 0.1) is 0 Å². The molecule has 0 atom stereocenters. The van der Waals surface area contributed by atoms with Crippen molar-refractivity contribution in [1.82, 2.24) is 14.3 Å². The van der Waals surface area contributed by atoms with E-state index in [0.29, 0.717) is 11.3 Å². The van der Waals surface area contributed by atoms with Crippen molar-refractivity contribution in [1.29, 1.82) is 0 Å². The van der Waals surface area contributed by atoms with Gasteiger partial charge in [0.25, 0.3) is 0 Å². The van der Waals surface area contributed by atoms with Crippen LogP contribution in [0.1, 0.15) is 0 Å². The molecule has 0 saturated heterocycles. The maximum Gasteiger partial charge on any atom is 0.326 e. The SMILES string of the molecule is COc1ccc(S(=O)(=O)NCCn2c(=O)[nH]c3ccccc32)cc1Cl. The predicted octanol–water partition coefficient (Wildman–Crippen LogP) is 1.97. The minimum atomic E-state index is -3.74. The highest BCUT2D eigenvalue weighted by molar-refractivity contribution is 7.89. The summed E-state index contributed by atoms with van der Waals surface area (Å²) in [4.78, 5) is 14.7. The van der Waals surface area contributed by atoms with E-state index in [1.54, 1.807) is 12.1 Å². The van der Waals surface area contributed by atoms with Crippen LogP contribution in [0.2, 0.25) is 5.02 Å². The molecule has 25 heavy (non-hydrogen) atoms. The standard InChI is InChI=1S/C16H16ClN3O4S/c1-24-15-7-6-11(10-12(15)17)25(22,23)18-8-9-20-14-5-3-2-4-13(14)19-16(20)21/h2-7,10,18H,8-9H2,1H3,(H,19,21). The van der Waals surface area contributed by atoms with E-state index in [4.69, 9.17) is 16.3 Å². The Morgan fingerprint density at radius 3 is 2.72 bits per heavy atom. The Bertz CT molecular complexity index is 1070. The molecule has 3 rings (SSSR count). The molecule has 0 radical (unpaired) electrons. The fourth-order valence-corrected chi connectivity index (χ4v) is 3.89. The quantitative estimate of drug-likeness (QED) is 0.682. The lowest BCUT2D eigenvalue weighted by atomic mass is 10.3. The number of nitrogens with zero attached hydrogens (tertiary/aromatic N) is 1. The van der Waals surface area contributed by atoms with Gasteiger partial charge in [-0.05, 0) is 30.3 Å². The molecule has 7 nitrogen and oxygen atoms in total. The van der Waals surface area contributed by atoms with Crippen molar-refractivity contribution >= 4 is 32.7 Å². The first-order valence-corrected chi connectivity index (χ1v) is 9.29. The Morgan fingerprint density at radius 1 is 1.24 bits per heavy atom. The molecule has 3 aromatic rings. The van der Waals surface area contributed by atoms with E-state index in [0.717, 1.165) is 5.52 Å². The first kappa shape index (κ1) is 17.5. The maximum atomic E-state index is 12.4. The molecule has 0 aliphatic heterocycles. The summed E-state index contributed by atoms with van der Waals surface area (Å²) >= 11 is 5.97. The smallest absolute Gasteiger partial charge is 0.326 e. The third-order valence-electron chi connectivity index (χ3n) is 3.74. The summed E-state index contributed by atoms with van der Waals surface area (Å²) in [6.07, 6.45) is 0. The largest absolute Gasteiger partial charge is 0.495 e. The van der Waals surface area contributed by atoms with Crippen LogP contribution in [0.3, 0.4) is 0 Å². The number of benzene rings is 2. The van der Waals surface area contributed by atoms with E-state index in [9.17, 15) is 13.2 Å². The number of hydrogen-bond acceptors (Lipinski definition) is 4. The number of rotatable bonds is 6. The Balaban J connectivity index is 1.75. The third kappa shape index (κ3) is 3.55. The van der Waals surface area contributed by atoms with Crippen molar-refractivity contribution in [2.45, 2.75) is 11.4 Å². The maximum absolute atomic E-state index is 12.4. The Kier molecular flexibility index (Phi) is 4.85. The van der Waals surface area contributed by atoms with Gasteiger partial charge in [0, 0.05) is 13.1 Å². The number of methoxy groups -OCH3 is 1. The molecule has 2 aromatic carbocycles. The summed E-state index contributed by atoms with van der Waals surface area (Å²) in [5, 5.41) is 0.207. The van der Waals surface area contributed by atoms with E-state index < -0.39 is 10.0 Å². The second-order valence-corrected chi connectivity index (χ2v) is 7.47. The van der Waals surface area contributed by atoms with Gasteiger partial charge in [-0.3, -0.25) is 4.57 Å². The van der Waals surface area contributed by atoms with Gasteiger partial charge >= 0.3 is 5.69 Å². The predicted molar refractivity (Wildman–Crippen MR) is 95.8 cm³/mol. The lowest BCUT2D eigenvalue weighted by Crippen LogP contribution is -2.30. The second-order valence-electron chi connectivity index (χ2n) is 5.29. The van der Waals surface area contributed by atoms with Crippen LogP contribution in [0.15, 0.2) is 52.2 Å². The van der Waals surface area contributed by atoms with E-state index in [2.05, 4.69) is 9.71 Å². The highest BCUT2D eigenvalue weighted by atomic mass is 35.5. The zero-order valence-electron chi connectivity index (χ0n) is 13.3. The van der Waals surface area contributed by atoms with Crippen molar-refractivity contribution in [3.05, 3.63) is 58.0 Å². The minimum Gasteiger partial charge on any atom is -0.495 e. The highest BCUT2D eigenvalue weighted by Gasteiger charge is 2.16. The number of ether oxygens (including phenoxy) is 1.